The molecule has 0 saturated carbocycles. The van der Waals surface area contributed by atoms with Gasteiger partial charge in [-0.1, -0.05) is 18.2 Å². The largest absolute Gasteiger partial charge is 0.492 e. The van der Waals surface area contributed by atoms with Gasteiger partial charge in [-0.3, -0.25) is 14.4 Å². The summed E-state index contributed by atoms with van der Waals surface area (Å²) in [6.07, 6.45) is 0.132. The molecule has 7 nitrogen and oxygen atoms in total. The molecule has 1 heterocycles. The van der Waals surface area contributed by atoms with E-state index in [9.17, 15) is 14.4 Å². The molecule has 28 heavy (non-hydrogen) atoms. The fourth-order valence-corrected chi connectivity index (χ4v) is 3.17. The van der Waals surface area contributed by atoms with E-state index in [2.05, 4.69) is 10.6 Å². The summed E-state index contributed by atoms with van der Waals surface area (Å²) in [5.41, 5.74) is 1.85. The van der Waals surface area contributed by atoms with Gasteiger partial charge in [-0.25, -0.2) is 0 Å². The van der Waals surface area contributed by atoms with Gasteiger partial charge in [0, 0.05) is 31.3 Å². The molecule has 0 radical (unpaired) electrons. The van der Waals surface area contributed by atoms with Crippen molar-refractivity contribution < 1.29 is 19.1 Å². The number of nitrogens with zero attached hydrogens (tertiary/aromatic N) is 1. The molecule has 146 valence electrons. The van der Waals surface area contributed by atoms with Crippen LogP contribution in [-0.2, 0) is 14.4 Å². The Bertz CT molecular complexity index is 897. The first-order valence-electron chi connectivity index (χ1n) is 9.18. The van der Waals surface area contributed by atoms with Crippen LogP contribution in [0.3, 0.4) is 0 Å². The molecule has 1 aliphatic heterocycles. The van der Waals surface area contributed by atoms with Crippen molar-refractivity contribution in [3.05, 3.63) is 48.5 Å². The van der Waals surface area contributed by atoms with E-state index in [1.165, 1.54) is 6.92 Å². The molecule has 3 amide bonds. The van der Waals surface area contributed by atoms with E-state index in [4.69, 9.17) is 4.74 Å². The Morgan fingerprint density at radius 1 is 1.14 bits per heavy atom. The first-order valence-corrected chi connectivity index (χ1v) is 9.18. The number of benzene rings is 2. The molecule has 1 saturated heterocycles. The maximum absolute atomic E-state index is 12.7. The Labute approximate surface area is 163 Å². The molecule has 7 heteroatoms. The molecule has 0 bridgehead atoms. The van der Waals surface area contributed by atoms with E-state index in [0.717, 1.165) is 0 Å². The second-order valence-corrected chi connectivity index (χ2v) is 6.56. The van der Waals surface area contributed by atoms with Gasteiger partial charge in [-0.2, -0.15) is 0 Å². The molecule has 2 aromatic carbocycles. The summed E-state index contributed by atoms with van der Waals surface area (Å²) in [7, 11) is 0. The lowest BCUT2D eigenvalue weighted by Crippen LogP contribution is -2.28. The van der Waals surface area contributed by atoms with Crippen LogP contribution in [-0.4, -0.2) is 30.9 Å². The Morgan fingerprint density at radius 2 is 1.93 bits per heavy atom. The van der Waals surface area contributed by atoms with Crippen LogP contribution in [0.25, 0.3) is 0 Å². The SMILES string of the molecule is CCOc1ccccc1NC(=O)[C@@H]1CC(=O)N(c2cccc(NC(C)=O)c2)C1. The number of rotatable bonds is 6. The average Bonchev–Trinajstić information content (AvgIpc) is 3.05. The maximum Gasteiger partial charge on any atom is 0.229 e. The number of para-hydroxylation sites is 2. The standard InChI is InChI=1S/C21H23N3O4/c1-3-28-19-10-5-4-9-18(19)23-21(27)15-11-20(26)24(13-15)17-8-6-7-16(12-17)22-14(2)25/h4-10,12,15H,3,11,13H2,1-2H3,(H,22,25)(H,23,27)/t15-/m1/s1. The van der Waals surface area contributed by atoms with E-state index in [1.54, 1.807) is 41.3 Å². The van der Waals surface area contributed by atoms with Crippen LogP contribution in [0.2, 0.25) is 0 Å². The molecule has 2 N–H and O–H groups in total. The fraction of sp³-hybridized carbons (Fsp3) is 0.286. The van der Waals surface area contributed by atoms with Crippen LogP contribution in [0.5, 0.6) is 5.75 Å². The molecular formula is C21H23N3O4. The first kappa shape index (κ1) is 19.4. The second-order valence-electron chi connectivity index (χ2n) is 6.56. The van der Waals surface area contributed by atoms with Gasteiger partial charge < -0.3 is 20.3 Å². The Balaban J connectivity index is 1.71. The van der Waals surface area contributed by atoms with E-state index < -0.39 is 5.92 Å². The van der Waals surface area contributed by atoms with Crippen LogP contribution < -0.4 is 20.3 Å². The Hall–Kier alpha value is -3.35. The van der Waals surface area contributed by atoms with Crippen LogP contribution in [0.15, 0.2) is 48.5 Å². The van der Waals surface area contributed by atoms with Gasteiger partial charge in [0.15, 0.2) is 0 Å². The second kappa shape index (κ2) is 8.56. The van der Waals surface area contributed by atoms with E-state index in [1.807, 2.05) is 19.1 Å². The van der Waals surface area contributed by atoms with Crippen molar-refractivity contribution in [2.75, 3.05) is 28.7 Å². The lowest BCUT2D eigenvalue weighted by Gasteiger charge is -2.18. The van der Waals surface area contributed by atoms with E-state index >= 15 is 0 Å². The third-order valence-electron chi connectivity index (χ3n) is 4.42. The molecule has 0 unspecified atom stereocenters. The molecule has 1 atom stereocenters. The zero-order valence-electron chi connectivity index (χ0n) is 15.9. The number of amides is 3. The van der Waals surface area contributed by atoms with E-state index in [-0.39, 0.29) is 30.7 Å². The van der Waals surface area contributed by atoms with E-state index in [0.29, 0.717) is 29.4 Å². The third-order valence-corrected chi connectivity index (χ3v) is 4.42. The number of carbonyl (C=O) groups excluding carboxylic acids is 3. The minimum absolute atomic E-state index is 0.127. The molecule has 2 aromatic rings. The number of hydrogen-bond donors (Lipinski definition) is 2. The quantitative estimate of drug-likeness (QED) is 0.805. The lowest BCUT2D eigenvalue weighted by atomic mass is 10.1. The maximum atomic E-state index is 12.7. The average molecular weight is 381 g/mol. The summed E-state index contributed by atoms with van der Waals surface area (Å²) in [4.78, 5) is 38.0. The minimum atomic E-state index is -0.466. The minimum Gasteiger partial charge on any atom is -0.492 e. The number of hydrogen-bond acceptors (Lipinski definition) is 4. The molecule has 1 aliphatic rings. The topological polar surface area (TPSA) is 87.7 Å². The summed E-state index contributed by atoms with van der Waals surface area (Å²) in [5.74, 6) is -0.400. The zero-order chi connectivity index (χ0) is 20.1. The highest BCUT2D eigenvalue weighted by Gasteiger charge is 2.35. The normalized spacial score (nSPS) is 16.0. The molecule has 3 rings (SSSR count). The summed E-state index contributed by atoms with van der Waals surface area (Å²) in [6.45, 7) is 4.08. The predicted molar refractivity (Wildman–Crippen MR) is 107 cm³/mol. The van der Waals surface area contributed by atoms with Crippen LogP contribution in [0, 0.1) is 5.92 Å². The van der Waals surface area contributed by atoms with Crippen LogP contribution >= 0.6 is 0 Å². The van der Waals surface area contributed by atoms with Crippen molar-refractivity contribution in [1.82, 2.24) is 0 Å². The van der Waals surface area contributed by atoms with Gasteiger partial charge in [-0.15, -0.1) is 0 Å². The van der Waals surface area contributed by atoms with Gasteiger partial charge in [0.2, 0.25) is 17.7 Å². The highest BCUT2D eigenvalue weighted by atomic mass is 16.5. The molecular weight excluding hydrogens is 358 g/mol. The number of carbonyl (C=O) groups is 3. The van der Waals surface area contributed by atoms with Crippen molar-refractivity contribution in [3.8, 4) is 5.75 Å². The zero-order valence-corrected chi connectivity index (χ0v) is 15.9. The summed E-state index contributed by atoms with van der Waals surface area (Å²) in [5, 5.41) is 5.57. The summed E-state index contributed by atoms with van der Waals surface area (Å²) in [6, 6.07) is 14.2. The first-order chi connectivity index (χ1) is 13.5. The van der Waals surface area contributed by atoms with Crippen LogP contribution in [0.1, 0.15) is 20.3 Å². The van der Waals surface area contributed by atoms with Crippen molar-refractivity contribution in [2.45, 2.75) is 20.3 Å². The van der Waals surface area contributed by atoms with Crippen molar-refractivity contribution in [2.24, 2.45) is 5.92 Å². The smallest absolute Gasteiger partial charge is 0.229 e. The monoisotopic (exact) mass is 381 g/mol. The van der Waals surface area contributed by atoms with Crippen molar-refractivity contribution in [3.63, 3.8) is 0 Å². The summed E-state index contributed by atoms with van der Waals surface area (Å²) < 4.78 is 5.53. The number of anilines is 3. The third kappa shape index (κ3) is 4.49. The molecule has 1 fully saturated rings. The van der Waals surface area contributed by atoms with Gasteiger partial charge in [0.05, 0.1) is 18.2 Å². The Kier molecular flexibility index (Phi) is 5.93. The lowest BCUT2D eigenvalue weighted by molar-refractivity contribution is -0.122. The molecule has 0 aliphatic carbocycles. The highest BCUT2D eigenvalue weighted by molar-refractivity contribution is 6.04. The molecule has 0 aromatic heterocycles. The van der Waals surface area contributed by atoms with Gasteiger partial charge in [-0.05, 0) is 37.3 Å². The van der Waals surface area contributed by atoms with Crippen LogP contribution in [0.4, 0.5) is 17.1 Å². The van der Waals surface area contributed by atoms with Crippen molar-refractivity contribution in [1.29, 1.82) is 0 Å². The number of ether oxygens (including phenoxy) is 1. The van der Waals surface area contributed by atoms with Gasteiger partial charge in [0.1, 0.15) is 5.75 Å². The van der Waals surface area contributed by atoms with Gasteiger partial charge in [0.25, 0.3) is 0 Å². The van der Waals surface area contributed by atoms with Gasteiger partial charge >= 0.3 is 0 Å². The fourth-order valence-electron chi connectivity index (χ4n) is 3.17. The number of nitrogens with one attached hydrogen (secondary N) is 2. The predicted octanol–water partition coefficient (Wildman–Crippen LogP) is 3.04. The highest BCUT2D eigenvalue weighted by Crippen LogP contribution is 2.29. The molecule has 0 spiro atoms. The Morgan fingerprint density at radius 3 is 2.68 bits per heavy atom. The summed E-state index contributed by atoms with van der Waals surface area (Å²) >= 11 is 0. The van der Waals surface area contributed by atoms with Crippen molar-refractivity contribution >= 4 is 34.8 Å².